The summed E-state index contributed by atoms with van der Waals surface area (Å²) in [5.74, 6) is 0.938. The van der Waals surface area contributed by atoms with E-state index in [-0.39, 0.29) is 11.5 Å². The van der Waals surface area contributed by atoms with Gasteiger partial charge in [-0.1, -0.05) is 18.2 Å². The molecule has 0 radical (unpaired) electrons. The van der Waals surface area contributed by atoms with Crippen molar-refractivity contribution in [2.75, 3.05) is 49.2 Å². The molecule has 0 aliphatic carbocycles. The molecule has 2 fully saturated rings. The average molecular weight is 374 g/mol. The lowest BCUT2D eigenvalue weighted by molar-refractivity contribution is 0.122. The van der Waals surface area contributed by atoms with Crippen LogP contribution in [0.3, 0.4) is 0 Å². The third kappa shape index (κ3) is 4.03. The van der Waals surface area contributed by atoms with Crippen molar-refractivity contribution in [3.05, 3.63) is 47.9 Å². The fraction of sp³-hybridized carbons (Fsp3) is 0.500. The number of rotatable bonds is 4. The third-order valence-corrected chi connectivity index (χ3v) is 5.40. The molecule has 5 nitrogen and oxygen atoms in total. The Hall–Kier alpha value is -2.28. The first kappa shape index (κ1) is 18.1. The molecule has 1 aromatic heterocycles. The van der Waals surface area contributed by atoms with Crippen LogP contribution in [0.5, 0.6) is 0 Å². The zero-order valence-corrected chi connectivity index (χ0v) is 15.2. The van der Waals surface area contributed by atoms with E-state index >= 15 is 0 Å². The maximum Gasteiger partial charge on any atom is 0.227 e. The SMILES string of the molecule is Fc1ccccc1C(F)C1CCN(c2nccc(N3CCOCC3)n2)CC1. The average Bonchev–Trinajstić information content (AvgIpc) is 2.74. The molecule has 0 spiro atoms. The number of benzene rings is 1. The summed E-state index contributed by atoms with van der Waals surface area (Å²) in [5, 5.41) is 0. The lowest BCUT2D eigenvalue weighted by atomic mass is 9.88. The third-order valence-electron chi connectivity index (χ3n) is 5.40. The maximum absolute atomic E-state index is 14.8. The second-order valence-corrected chi connectivity index (χ2v) is 7.06. The highest BCUT2D eigenvalue weighted by Gasteiger charge is 2.30. The standard InChI is InChI=1S/C20H24F2N4O/c21-17-4-2-1-3-16(17)19(22)15-6-9-26(10-7-15)20-23-8-5-18(24-20)25-11-13-27-14-12-25/h1-5,8,15,19H,6-7,9-14H2. The van der Waals surface area contributed by atoms with Gasteiger partial charge in [-0.3, -0.25) is 0 Å². The lowest BCUT2D eigenvalue weighted by Gasteiger charge is -2.34. The summed E-state index contributed by atoms with van der Waals surface area (Å²) in [6, 6.07) is 8.05. The van der Waals surface area contributed by atoms with Crippen LogP contribution in [0.25, 0.3) is 0 Å². The van der Waals surface area contributed by atoms with Crippen molar-refractivity contribution in [2.24, 2.45) is 5.92 Å². The number of alkyl halides is 1. The van der Waals surface area contributed by atoms with Crippen LogP contribution in [-0.4, -0.2) is 49.4 Å². The topological polar surface area (TPSA) is 41.5 Å². The molecule has 0 saturated carbocycles. The Bertz CT molecular complexity index is 761. The molecule has 0 amide bonds. The monoisotopic (exact) mass is 374 g/mol. The van der Waals surface area contributed by atoms with E-state index in [4.69, 9.17) is 9.72 Å². The predicted octanol–water partition coefficient (Wildman–Crippen LogP) is 3.38. The fourth-order valence-corrected chi connectivity index (χ4v) is 3.80. The fourth-order valence-electron chi connectivity index (χ4n) is 3.80. The number of hydrogen-bond donors (Lipinski definition) is 0. The quantitative estimate of drug-likeness (QED) is 0.821. The molecule has 1 aromatic carbocycles. The van der Waals surface area contributed by atoms with E-state index in [0.717, 1.165) is 18.9 Å². The van der Waals surface area contributed by atoms with Gasteiger partial charge in [0.1, 0.15) is 17.8 Å². The Kier molecular flexibility index (Phi) is 5.48. The summed E-state index contributed by atoms with van der Waals surface area (Å²) in [6.07, 6.45) is 1.81. The van der Waals surface area contributed by atoms with E-state index in [1.807, 2.05) is 6.07 Å². The number of anilines is 2. The molecule has 3 heterocycles. The lowest BCUT2D eigenvalue weighted by Crippen LogP contribution is -2.38. The van der Waals surface area contributed by atoms with Crippen LogP contribution in [0.1, 0.15) is 24.6 Å². The van der Waals surface area contributed by atoms with Crippen LogP contribution in [0, 0.1) is 11.7 Å². The molecule has 1 unspecified atom stereocenters. The van der Waals surface area contributed by atoms with Gasteiger partial charge in [0.15, 0.2) is 0 Å². The Labute approximate surface area is 158 Å². The molecule has 7 heteroatoms. The minimum absolute atomic E-state index is 0.168. The van der Waals surface area contributed by atoms with Crippen molar-refractivity contribution >= 4 is 11.8 Å². The summed E-state index contributed by atoms with van der Waals surface area (Å²) in [5.41, 5.74) is 0.168. The van der Waals surface area contributed by atoms with Crippen molar-refractivity contribution in [3.63, 3.8) is 0 Å². The first-order valence-electron chi connectivity index (χ1n) is 9.51. The van der Waals surface area contributed by atoms with Gasteiger partial charge in [0.25, 0.3) is 0 Å². The van der Waals surface area contributed by atoms with Crippen molar-refractivity contribution in [1.82, 2.24) is 9.97 Å². The van der Waals surface area contributed by atoms with Gasteiger partial charge in [-0.2, -0.15) is 4.98 Å². The molecule has 2 aliphatic heterocycles. The van der Waals surface area contributed by atoms with Gasteiger partial charge < -0.3 is 14.5 Å². The van der Waals surface area contributed by atoms with Crippen molar-refractivity contribution in [2.45, 2.75) is 19.0 Å². The predicted molar refractivity (Wildman–Crippen MR) is 100 cm³/mol. The molecular formula is C20H24F2N4O. The van der Waals surface area contributed by atoms with Gasteiger partial charge in [-0.25, -0.2) is 13.8 Å². The van der Waals surface area contributed by atoms with E-state index in [1.165, 1.54) is 6.07 Å². The van der Waals surface area contributed by atoms with Crippen LogP contribution in [0.15, 0.2) is 36.5 Å². The van der Waals surface area contributed by atoms with E-state index in [0.29, 0.717) is 45.1 Å². The minimum Gasteiger partial charge on any atom is -0.378 e. The first-order chi connectivity index (χ1) is 13.2. The minimum atomic E-state index is -1.27. The van der Waals surface area contributed by atoms with Gasteiger partial charge >= 0.3 is 0 Å². The summed E-state index contributed by atoms with van der Waals surface area (Å²) in [4.78, 5) is 13.4. The molecule has 144 valence electrons. The van der Waals surface area contributed by atoms with Crippen molar-refractivity contribution in [3.8, 4) is 0 Å². The van der Waals surface area contributed by atoms with Crippen LogP contribution >= 0.6 is 0 Å². The second-order valence-electron chi connectivity index (χ2n) is 7.06. The highest BCUT2D eigenvalue weighted by atomic mass is 19.1. The highest BCUT2D eigenvalue weighted by Crippen LogP contribution is 2.35. The molecule has 0 N–H and O–H groups in total. The summed E-state index contributed by atoms with van der Waals surface area (Å²) >= 11 is 0. The molecule has 27 heavy (non-hydrogen) atoms. The molecule has 2 aliphatic rings. The molecule has 2 saturated heterocycles. The Morgan fingerprint density at radius 1 is 1.00 bits per heavy atom. The van der Waals surface area contributed by atoms with Crippen LogP contribution in [-0.2, 0) is 4.74 Å². The van der Waals surface area contributed by atoms with Gasteiger partial charge in [0.05, 0.1) is 13.2 Å². The van der Waals surface area contributed by atoms with Gasteiger partial charge in [0.2, 0.25) is 5.95 Å². The van der Waals surface area contributed by atoms with Gasteiger partial charge in [-0.05, 0) is 30.9 Å². The number of aromatic nitrogens is 2. The molecule has 0 bridgehead atoms. The normalized spacial score (nSPS) is 19.9. The van der Waals surface area contributed by atoms with Gasteiger partial charge in [-0.15, -0.1) is 0 Å². The summed E-state index contributed by atoms with van der Waals surface area (Å²) < 4.78 is 34.1. The maximum atomic E-state index is 14.8. The van der Waals surface area contributed by atoms with E-state index in [2.05, 4.69) is 14.8 Å². The highest BCUT2D eigenvalue weighted by molar-refractivity contribution is 5.44. The Morgan fingerprint density at radius 3 is 2.48 bits per heavy atom. The van der Waals surface area contributed by atoms with E-state index in [9.17, 15) is 8.78 Å². The molecular weight excluding hydrogens is 350 g/mol. The number of halogens is 2. The largest absolute Gasteiger partial charge is 0.378 e. The zero-order chi connectivity index (χ0) is 18.6. The van der Waals surface area contributed by atoms with Crippen LogP contribution < -0.4 is 9.80 Å². The zero-order valence-electron chi connectivity index (χ0n) is 15.2. The summed E-state index contributed by atoms with van der Waals surface area (Å²) in [7, 11) is 0. The van der Waals surface area contributed by atoms with Gasteiger partial charge in [0, 0.05) is 37.9 Å². The number of piperidine rings is 1. The van der Waals surface area contributed by atoms with Crippen molar-refractivity contribution < 1.29 is 13.5 Å². The van der Waals surface area contributed by atoms with Crippen molar-refractivity contribution in [1.29, 1.82) is 0 Å². The Morgan fingerprint density at radius 2 is 1.74 bits per heavy atom. The smallest absolute Gasteiger partial charge is 0.227 e. The number of nitrogens with zero attached hydrogens (tertiary/aromatic N) is 4. The number of hydrogen-bond acceptors (Lipinski definition) is 5. The molecule has 4 rings (SSSR count). The van der Waals surface area contributed by atoms with E-state index < -0.39 is 12.0 Å². The summed E-state index contributed by atoms with van der Waals surface area (Å²) in [6.45, 7) is 4.41. The van der Waals surface area contributed by atoms with E-state index in [1.54, 1.807) is 24.4 Å². The second kappa shape index (κ2) is 8.17. The number of morpholine rings is 1. The van der Waals surface area contributed by atoms with Crippen LogP contribution in [0.2, 0.25) is 0 Å². The molecule has 1 atom stereocenters. The van der Waals surface area contributed by atoms with Crippen LogP contribution in [0.4, 0.5) is 20.5 Å². The molecule has 2 aromatic rings. The number of ether oxygens (including phenoxy) is 1. The Balaban J connectivity index is 1.40. The first-order valence-corrected chi connectivity index (χ1v) is 9.51.